The third kappa shape index (κ3) is 3.25. The standard InChI is InChI=1S/C15H28N2O/c1-4-15(5-1)18-12-13-3-2-10-17(11-13)14-6-8-16-9-7-14/h13-16H,1-12H2/i/hD. The minimum absolute atomic E-state index is 0.585. The largest absolute Gasteiger partial charge is 0.378 e. The van der Waals surface area contributed by atoms with Gasteiger partial charge in [-0.15, -0.1) is 0 Å². The molecule has 3 nitrogen and oxygen atoms in total. The normalized spacial score (nSPS) is 34.2. The Morgan fingerprint density at radius 2 is 1.94 bits per heavy atom. The van der Waals surface area contributed by atoms with Crippen molar-refractivity contribution < 1.29 is 6.15 Å². The molecule has 2 aliphatic heterocycles. The number of likely N-dealkylation sites (tertiary alicyclic amines) is 1. The molecule has 0 aromatic heterocycles. The maximum atomic E-state index is 7.65. The van der Waals surface area contributed by atoms with Crippen LogP contribution in [0.5, 0.6) is 0 Å². The van der Waals surface area contributed by atoms with Crippen LogP contribution >= 0.6 is 0 Å². The first-order valence-corrected chi connectivity index (χ1v) is 7.91. The molecule has 104 valence electrons. The summed E-state index contributed by atoms with van der Waals surface area (Å²) >= 11 is 0. The third-order valence-corrected chi connectivity index (χ3v) is 4.93. The molecule has 3 rings (SSSR count). The first-order valence-electron chi connectivity index (χ1n) is 8.35. The summed E-state index contributed by atoms with van der Waals surface area (Å²) in [6.07, 6.45) is 9.57. The van der Waals surface area contributed by atoms with E-state index in [0.29, 0.717) is 6.10 Å². The maximum absolute atomic E-state index is 7.65. The van der Waals surface area contributed by atoms with Gasteiger partial charge in [-0.2, -0.15) is 0 Å². The topological polar surface area (TPSA) is 24.5 Å². The first-order chi connectivity index (χ1) is 9.31. The highest BCUT2D eigenvalue weighted by atomic mass is 16.5. The number of hydrogen-bond acceptors (Lipinski definition) is 3. The fourth-order valence-corrected chi connectivity index (χ4v) is 3.48. The fourth-order valence-electron chi connectivity index (χ4n) is 3.48. The SMILES string of the molecule is [2H]N1CCC(N2CCCC(COC3CCC3)C2)CC1. The Balaban J connectivity index is 1.41. The van der Waals surface area contributed by atoms with Crippen molar-refractivity contribution in [1.29, 1.82) is 0 Å². The number of rotatable bonds is 4. The molecule has 0 spiro atoms. The lowest BCUT2D eigenvalue weighted by molar-refractivity contribution is -0.0329. The van der Waals surface area contributed by atoms with E-state index in [1.165, 1.54) is 58.0 Å². The number of nitrogens with zero attached hydrogens (tertiary/aromatic N) is 1. The molecule has 3 fully saturated rings. The second-order valence-corrected chi connectivity index (χ2v) is 6.29. The van der Waals surface area contributed by atoms with Crippen LogP contribution in [0.3, 0.4) is 0 Å². The Labute approximate surface area is 113 Å². The van der Waals surface area contributed by atoms with Crippen LogP contribution in [0, 0.1) is 5.92 Å². The van der Waals surface area contributed by atoms with Crippen molar-refractivity contribution in [3.05, 3.63) is 0 Å². The zero-order valence-corrected chi connectivity index (χ0v) is 11.5. The number of piperidine rings is 2. The summed E-state index contributed by atoms with van der Waals surface area (Å²) in [5, 5.41) is 1.72. The Bertz CT molecular complexity index is 277. The highest BCUT2D eigenvalue weighted by Gasteiger charge is 2.28. The Kier molecular flexibility index (Phi) is 4.13. The smallest absolute Gasteiger partial charge is 0.122 e. The molecule has 1 N–H and O–H groups in total. The molecule has 18 heavy (non-hydrogen) atoms. The van der Waals surface area contributed by atoms with E-state index in [1.807, 2.05) is 0 Å². The average molecular weight is 253 g/mol. The van der Waals surface area contributed by atoms with Crippen molar-refractivity contribution in [3.8, 4) is 0 Å². The van der Waals surface area contributed by atoms with E-state index < -0.39 is 0 Å². The van der Waals surface area contributed by atoms with Gasteiger partial charge in [-0.05, 0) is 70.5 Å². The monoisotopic (exact) mass is 253 g/mol. The van der Waals surface area contributed by atoms with Gasteiger partial charge in [-0.1, -0.05) is 0 Å². The molecule has 3 aliphatic rings. The molecular formula is C15H28N2O. The highest BCUT2D eigenvalue weighted by Crippen LogP contribution is 2.26. The van der Waals surface area contributed by atoms with Crippen LogP contribution in [-0.2, 0) is 4.74 Å². The summed E-state index contributed by atoms with van der Waals surface area (Å²) in [6, 6.07) is 0.730. The number of ether oxygens (including phenoxy) is 1. The van der Waals surface area contributed by atoms with Crippen LogP contribution in [-0.4, -0.2) is 49.8 Å². The van der Waals surface area contributed by atoms with Crippen LogP contribution in [0.2, 0.25) is 1.41 Å². The van der Waals surface area contributed by atoms with Crippen molar-refractivity contribution in [2.24, 2.45) is 5.92 Å². The quantitative estimate of drug-likeness (QED) is 0.829. The van der Waals surface area contributed by atoms with Gasteiger partial charge in [-0.3, -0.25) is 4.90 Å². The molecule has 2 heterocycles. The van der Waals surface area contributed by atoms with Gasteiger partial charge in [0.05, 0.1) is 12.7 Å². The summed E-state index contributed by atoms with van der Waals surface area (Å²) in [5.74, 6) is 0.753. The Hall–Kier alpha value is -0.120. The van der Waals surface area contributed by atoms with E-state index in [2.05, 4.69) is 4.90 Å². The summed E-state index contributed by atoms with van der Waals surface area (Å²) in [6.45, 7) is 5.38. The van der Waals surface area contributed by atoms with E-state index in [9.17, 15) is 0 Å². The molecular weight excluding hydrogens is 224 g/mol. The lowest BCUT2D eigenvalue weighted by atomic mass is 9.93. The third-order valence-electron chi connectivity index (χ3n) is 4.93. The van der Waals surface area contributed by atoms with E-state index in [4.69, 9.17) is 6.15 Å². The van der Waals surface area contributed by atoms with Gasteiger partial charge in [0, 0.05) is 12.6 Å². The van der Waals surface area contributed by atoms with E-state index in [0.717, 1.165) is 31.7 Å². The number of nitrogens with one attached hydrogen (secondary N) is 1. The summed E-state index contributed by atoms with van der Waals surface area (Å²) in [5.41, 5.74) is 0. The minimum atomic E-state index is 0.585. The zero-order chi connectivity index (χ0) is 13.1. The van der Waals surface area contributed by atoms with Crippen molar-refractivity contribution >= 4 is 0 Å². The second-order valence-electron chi connectivity index (χ2n) is 6.29. The van der Waals surface area contributed by atoms with Crippen LogP contribution in [0.4, 0.5) is 0 Å². The van der Waals surface area contributed by atoms with E-state index >= 15 is 0 Å². The second kappa shape index (κ2) is 6.36. The Morgan fingerprint density at radius 3 is 2.67 bits per heavy atom. The van der Waals surface area contributed by atoms with Crippen molar-refractivity contribution in [3.63, 3.8) is 0 Å². The van der Waals surface area contributed by atoms with Gasteiger partial charge in [0.15, 0.2) is 0 Å². The van der Waals surface area contributed by atoms with Crippen molar-refractivity contribution in [2.75, 3.05) is 32.8 Å². The van der Waals surface area contributed by atoms with Gasteiger partial charge >= 0.3 is 0 Å². The lowest BCUT2D eigenvalue weighted by Gasteiger charge is -2.40. The molecule has 0 amide bonds. The maximum Gasteiger partial charge on any atom is 0.122 e. The molecule has 1 atom stereocenters. The van der Waals surface area contributed by atoms with Gasteiger partial charge in [0.25, 0.3) is 0 Å². The fraction of sp³-hybridized carbons (Fsp3) is 1.00. The molecule has 0 radical (unpaired) electrons. The number of hydrogen-bond donors (Lipinski definition) is 1. The molecule has 2 saturated heterocycles. The first kappa shape index (κ1) is 11.7. The molecule has 1 unspecified atom stereocenters. The van der Waals surface area contributed by atoms with Crippen molar-refractivity contribution in [2.45, 2.75) is 57.1 Å². The molecule has 1 saturated carbocycles. The van der Waals surface area contributed by atoms with Gasteiger partial charge in [0.2, 0.25) is 0 Å². The van der Waals surface area contributed by atoms with E-state index in [-0.39, 0.29) is 0 Å². The van der Waals surface area contributed by atoms with E-state index in [1.54, 1.807) is 5.31 Å². The average Bonchev–Trinajstić information content (AvgIpc) is 2.38. The van der Waals surface area contributed by atoms with Crippen LogP contribution in [0.1, 0.15) is 44.9 Å². The summed E-state index contributed by atoms with van der Waals surface area (Å²) in [7, 11) is 0. The van der Waals surface area contributed by atoms with Gasteiger partial charge in [0.1, 0.15) is 1.41 Å². The predicted molar refractivity (Wildman–Crippen MR) is 73.8 cm³/mol. The molecule has 0 aromatic carbocycles. The minimum Gasteiger partial charge on any atom is -0.378 e. The lowest BCUT2D eigenvalue weighted by Crippen LogP contribution is -2.48. The van der Waals surface area contributed by atoms with Gasteiger partial charge in [-0.25, -0.2) is 0 Å². The zero-order valence-electron chi connectivity index (χ0n) is 12.5. The molecule has 3 heteroatoms. The van der Waals surface area contributed by atoms with Crippen LogP contribution < -0.4 is 5.31 Å². The van der Waals surface area contributed by atoms with Crippen molar-refractivity contribution in [1.82, 2.24) is 10.2 Å². The molecule has 0 bridgehead atoms. The highest BCUT2D eigenvalue weighted by molar-refractivity contribution is 4.83. The predicted octanol–water partition coefficient (Wildman–Crippen LogP) is 2.02. The Morgan fingerprint density at radius 1 is 1.11 bits per heavy atom. The summed E-state index contributed by atoms with van der Waals surface area (Å²) in [4.78, 5) is 2.69. The van der Waals surface area contributed by atoms with Crippen LogP contribution in [0.25, 0.3) is 0 Å². The molecule has 0 aromatic rings. The summed E-state index contributed by atoms with van der Waals surface area (Å²) < 4.78 is 13.7. The molecule has 1 aliphatic carbocycles. The van der Waals surface area contributed by atoms with Crippen LogP contribution in [0.15, 0.2) is 0 Å². The van der Waals surface area contributed by atoms with Gasteiger partial charge < -0.3 is 10.0 Å².